The third-order valence-corrected chi connectivity index (χ3v) is 6.86. The van der Waals surface area contributed by atoms with Gasteiger partial charge in [0.15, 0.2) is 0 Å². The van der Waals surface area contributed by atoms with Crippen LogP contribution in [0.15, 0.2) is 48.5 Å². The zero-order valence-electron chi connectivity index (χ0n) is 18.6. The number of rotatable bonds is 4. The van der Waals surface area contributed by atoms with E-state index in [1.165, 1.54) is 11.4 Å². The molecular weight excluding hydrogens is 378 g/mol. The highest BCUT2D eigenvalue weighted by Crippen LogP contribution is 2.55. The van der Waals surface area contributed by atoms with Crippen LogP contribution in [0.4, 0.5) is 11.4 Å². The summed E-state index contributed by atoms with van der Waals surface area (Å²) in [6.45, 7) is 4.83. The molecule has 0 aromatic heterocycles. The van der Waals surface area contributed by atoms with Gasteiger partial charge in [0.2, 0.25) is 0 Å². The van der Waals surface area contributed by atoms with E-state index >= 15 is 0 Å². The van der Waals surface area contributed by atoms with Gasteiger partial charge in [-0.25, -0.2) is 4.90 Å². The van der Waals surface area contributed by atoms with E-state index in [1.54, 1.807) is 0 Å². The molecule has 3 saturated heterocycles. The van der Waals surface area contributed by atoms with E-state index in [4.69, 9.17) is 14.2 Å². The molecule has 6 nitrogen and oxygen atoms in total. The lowest BCUT2D eigenvalue weighted by Crippen LogP contribution is -2.40. The maximum Gasteiger partial charge on any atom is 0.149 e. The molecule has 5 atom stereocenters. The summed E-state index contributed by atoms with van der Waals surface area (Å²) in [6, 6.07) is 17.1. The van der Waals surface area contributed by atoms with E-state index < -0.39 is 11.2 Å². The van der Waals surface area contributed by atoms with Gasteiger partial charge >= 0.3 is 0 Å². The summed E-state index contributed by atoms with van der Waals surface area (Å²) in [5, 5.41) is 0. The fourth-order valence-corrected chi connectivity index (χ4v) is 5.00. The van der Waals surface area contributed by atoms with Gasteiger partial charge < -0.3 is 24.0 Å². The molecule has 160 valence electrons. The Balaban J connectivity index is 1.49. The normalized spacial score (nSPS) is 34.9. The second-order valence-corrected chi connectivity index (χ2v) is 9.27. The van der Waals surface area contributed by atoms with Crippen LogP contribution in [0, 0.1) is 0 Å². The summed E-state index contributed by atoms with van der Waals surface area (Å²) in [6.07, 6.45) is -0.472. The van der Waals surface area contributed by atoms with E-state index in [9.17, 15) is 0 Å². The van der Waals surface area contributed by atoms with Gasteiger partial charge in [-0.2, -0.15) is 0 Å². The number of nitrogens with zero attached hydrogens (tertiary/aromatic N) is 3. The highest BCUT2D eigenvalue weighted by molar-refractivity contribution is 5.48. The van der Waals surface area contributed by atoms with Crippen LogP contribution in [0.1, 0.15) is 25.0 Å². The first-order chi connectivity index (χ1) is 14.2. The first-order valence-corrected chi connectivity index (χ1v) is 10.5. The predicted molar refractivity (Wildman–Crippen MR) is 118 cm³/mol. The maximum absolute atomic E-state index is 6.79. The van der Waals surface area contributed by atoms with Gasteiger partial charge in [0.1, 0.15) is 29.9 Å². The Hall–Kier alpha value is -2.12. The van der Waals surface area contributed by atoms with E-state index in [2.05, 4.69) is 77.1 Å². The Morgan fingerprint density at radius 1 is 0.733 bits per heavy atom. The number of anilines is 2. The van der Waals surface area contributed by atoms with Gasteiger partial charge in [0.25, 0.3) is 0 Å². The lowest BCUT2D eigenvalue weighted by molar-refractivity contribution is -0.138. The van der Waals surface area contributed by atoms with Crippen molar-refractivity contribution < 1.29 is 14.2 Å². The summed E-state index contributed by atoms with van der Waals surface area (Å²) in [5.41, 5.74) is 3.47. The minimum absolute atomic E-state index is 0.0959. The molecule has 0 unspecified atom stereocenters. The third kappa shape index (κ3) is 2.71. The van der Waals surface area contributed by atoms with Crippen molar-refractivity contribution in [2.75, 3.05) is 44.6 Å². The Labute approximate surface area is 178 Å². The van der Waals surface area contributed by atoms with Crippen LogP contribution in [0.2, 0.25) is 0 Å². The molecule has 3 heterocycles. The van der Waals surface area contributed by atoms with Crippen molar-refractivity contribution in [2.24, 2.45) is 0 Å². The van der Waals surface area contributed by atoms with Crippen molar-refractivity contribution in [1.82, 2.24) is 4.90 Å². The molecule has 0 bridgehead atoms. The third-order valence-electron chi connectivity index (χ3n) is 6.86. The molecule has 0 amide bonds. The zero-order valence-corrected chi connectivity index (χ0v) is 18.6. The minimum Gasteiger partial charge on any atom is -0.378 e. The monoisotopic (exact) mass is 409 g/mol. The van der Waals surface area contributed by atoms with Crippen molar-refractivity contribution >= 4 is 11.4 Å². The van der Waals surface area contributed by atoms with E-state index in [0.717, 1.165) is 11.1 Å². The highest BCUT2D eigenvalue weighted by Gasteiger charge is 2.68. The van der Waals surface area contributed by atoms with Crippen LogP contribution in [-0.2, 0) is 25.4 Å². The van der Waals surface area contributed by atoms with Crippen LogP contribution in [0.25, 0.3) is 0 Å². The molecule has 2 aromatic carbocycles. The van der Waals surface area contributed by atoms with Gasteiger partial charge in [0.05, 0.1) is 6.61 Å². The quantitative estimate of drug-likeness (QED) is 0.771. The van der Waals surface area contributed by atoms with Crippen molar-refractivity contribution in [2.45, 2.75) is 43.7 Å². The minimum atomic E-state index is -0.557. The molecule has 3 aliphatic rings. The van der Waals surface area contributed by atoms with Crippen LogP contribution in [0.5, 0.6) is 0 Å². The van der Waals surface area contributed by atoms with Crippen molar-refractivity contribution in [3.05, 3.63) is 59.7 Å². The first kappa shape index (κ1) is 19.8. The zero-order chi connectivity index (χ0) is 21.3. The summed E-state index contributed by atoms with van der Waals surface area (Å²) >= 11 is 0. The average Bonchev–Trinajstić information content (AvgIpc) is 3.36. The number of ether oxygens (including phenoxy) is 3. The van der Waals surface area contributed by atoms with Crippen molar-refractivity contribution in [3.8, 4) is 0 Å². The van der Waals surface area contributed by atoms with Crippen LogP contribution >= 0.6 is 0 Å². The smallest absolute Gasteiger partial charge is 0.149 e. The van der Waals surface area contributed by atoms with E-state index in [0.29, 0.717) is 6.61 Å². The SMILES string of the molecule is CN(C)c1ccc([C@]2(C)O[C@@H]3N4[C@H](CO[C@H]42)O[C@]3(C)c2ccc(N(C)C)cc2)cc1. The van der Waals surface area contributed by atoms with Gasteiger partial charge in [-0.1, -0.05) is 24.3 Å². The molecule has 0 N–H and O–H groups in total. The summed E-state index contributed by atoms with van der Waals surface area (Å²) in [7, 11) is 8.20. The van der Waals surface area contributed by atoms with Gasteiger partial charge in [0, 0.05) is 39.6 Å². The van der Waals surface area contributed by atoms with Gasteiger partial charge in [-0.05, 0) is 49.2 Å². The van der Waals surface area contributed by atoms with Gasteiger partial charge in [-0.3, -0.25) is 0 Å². The Morgan fingerprint density at radius 2 is 1.20 bits per heavy atom. The first-order valence-electron chi connectivity index (χ1n) is 10.5. The molecule has 6 heteroatoms. The number of hydrogen-bond donors (Lipinski definition) is 0. The molecular formula is C24H31N3O3. The second kappa shape index (κ2) is 6.69. The van der Waals surface area contributed by atoms with Crippen molar-refractivity contribution in [1.29, 1.82) is 0 Å². The Bertz CT molecular complexity index is 878. The molecule has 30 heavy (non-hydrogen) atoms. The summed E-state index contributed by atoms with van der Waals surface area (Å²) < 4.78 is 19.5. The standard InChI is InChI=1S/C24H31N3O3/c1-23(16-7-11-18(12-8-16)25(3)4)21-27-20(15-28-21)29-24(2,22(27)30-23)17-9-13-19(14-10-17)26(5)6/h7-14,20-22H,15H2,1-6H3/t20-,21-,22-,23-,24+/m0/s1. The van der Waals surface area contributed by atoms with E-state index in [-0.39, 0.29) is 18.7 Å². The molecule has 0 saturated carbocycles. The van der Waals surface area contributed by atoms with Gasteiger partial charge in [-0.15, -0.1) is 0 Å². The number of hydrogen-bond acceptors (Lipinski definition) is 6. The van der Waals surface area contributed by atoms with Crippen LogP contribution < -0.4 is 9.80 Å². The molecule has 2 aromatic rings. The lowest BCUT2D eigenvalue weighted by atomic mass is 9.93. The topological polar surface area (TPSA) is 37.4 Å². The van der Waals surface area contributed by atoms with Crippen molar-refractivity contribution in [3.63, 3.8) is 0 Å². The summed E-state index contributed by atoms with van der Waals surface area (Å²) in [5.74, 6) is 0. The van der Waals surface area contributed by atoms with E-state index in [1.807, 2.05) is 28.2 Å². The predicted octanol–water partition coefficient (Wildman–Crippen LogP) is 3.32. The highest BCUT2D eigenvalue weighted by atomic mass is 16.7. The summed E-state index contributed by atoms with van der Waals surface area (Å²) in [4.78, 5) is 6.48. The Kier molecular flexibility index (Phi) is 4.42. The Morgan fingerprint density at radius 3 is 1.67 bits per heavy atom. The average molecular weight is 410 g/mol. The molecule has 0 spiro atoms. The lowest BCUT2D eigenvalue weighted by Gasteiger charge is -2.33. The fraction of sp³-hybridized carbons (Fsp3) is 0.500. The van der Waals surface area contributed by atoms with Crippen LogP contribution in [0.3, 0.4) is 0 Å². The van der Waals surface area contributed by atoms with Crippen LogP contribution in [-0.4, -0.2) is 58.4 Å². The maximum atomic E-state index is 6.79. The molecule has 0 radical (unpaired) electrons. The molecule has 3 fully saturated rings. The largest absolute Gasteiger partial charge is 0.378 e. The molecule has 3 aliphatic heterocycles. The second-order valence-electron chi connectivity index (χ2n) is 9.27. The number of benzene rings is 2. The molecule has 5 rings (SSSR count). The fourth-order valence-electron chi connectivity index (χ4n) is 5.00. The molecule has 0 aliphatic carbocycles.